The molecular formula is C12H16BrNO3. The van der Waals surface area contributed by atoms with E-state index in [0.29, 0.717) is 24.3 Å². The molecule has 0 saturated heterocycles. The van der Waals surface area contributed by atoms with E-state index in [1.807, 2.05) is 6.07 Å². The molecule has 0 radical (unpaired) electrons. The van der Waals surface area contributed by atoms with Gasteiger partial charge in [0, 0.05) is 17.1 Å². The minimum Gasteiger partial charge on any atom is -0.493 e. The number of amides is 1. The Balaban J connectivity index is 2.67. The SMILES string of the molecule is CNC(=O)CCOc1ccc(Br)cc1[C@H](C)O. The zero-order chi connectivity index (χ0) is 12.8. The molecule has 0 aromatic heterocycles. The maximum Gasteiger partial charge on any atom is 0.223 e. The molecule has 17 heavy (non-hydrogen) atoms. The summed E-state index contributed by atoms with van der Waals surface area (Å²) in [6, 6.07) is 5.41. The Kier molecular flexibility index (Phi) is 5.44. The van der Waals surface area contributed by atoms with Gasteiger partial charge in [0.25, 0.3) is 0 Å². The van der Waals surface area contributed by atoms with Crippen LogP contribution in [0.2, 0.25) is 0 Å². The van der Waals surface area contributed by atoms with Gasteiger partial charge in [-0.25, -0.2) is 0 Å². The van der Waals surface area contributed by atoms with Gasteiger partial charge in [0.1, 0.15) is 5.75 Å². The molecular weight excluding hydrogens is 286 g/mol. The fourth-order valence-corrected chi connectivity index (χ4v) is 1.73. The van der Waals surface area contributed by atoms with E-state index in [-0.39, 0.29) is 5.91 Å². The maximum absolute atomic E-state index is 11.0. The number of halogens is 1. The first-order valence-electron chi connectivity index (χ1n) is 5.35. The highest BCUT2D eigenvalue weighted by Crippen LogP contribution is 2.28. The molecule has 0 fully saturated rings. The molecule has 0 unspecified atom stereocenters. The Bertz CT molecular complexity index is 393. The molecule has 5 heteroatoms. The predicted molar refractivity (Wildman–Crippen MR) is 69.0 cm³/mol. The van der Waals surface area contributed by atoms with Crippen molar-refractivity contribution in [1.82, 2.24) is 5.32 Å². The van der Waals surface area contributed by atoms with Gasteiger partial charge in [-0.3, -0.25) is 4.79 Å². The van der Waals surface area contributed by atoms with Crippen LogP contribution in [-0.4, -0.2) is 24.7 Å². The fraction of sp³-hybridized carbons (Fsp3) is 0.417. The highest BCUT2D eigenvalue weighted by Gasteiger charge is 2.10. The quantitative estimate of drug-likeness (QED) is 0.875. The summed E-state index contributed by atoms with van der Waals surface area (Å²) in [5.41, 5.74) is 0.705. The van der Waals surface area contributed by atoms with Crippen molar-refractivity contribution in [2.75, 3.05) is 13.7 Å². The van der Waals surface area contributed by atoms with Crippen molar-refractivity contribution >= 4 is 21.8 Å². The molecule has 0 aliphatic rings. The molecule has 1 rings (SSSR count). The zero-order valence-corrected chi connectivity index (χ0v) is 11.5. The molecule has 1 amide bonds. The summed E-state index contributed by atoms with van der Waals surface area (Å²) < 4.78 is 6.37. The topological polar surface area (TPSA) is 58.6 Å². The van der Waals surface area contributed by atoms with Crippen LogP contribution in [0.3, 0.4) is 0 Å². The van der Waals surface area contributed by atoms with Crippen LogP contribution in [0.1, 0.15) is 25.0 Å². The van der Waals surface area contributed by atoms with Crippen molar-refractivity contribution in [1.29, 1.82) is 0 Å². The van der Waals surface area contributed by atoms with Crippen molar-refractivity contribution in [3.05, 3.63) is 28.2 Å². The first-order chi connectivity index (χ1) is 8.04. The van der Waals surface area contributed by atoms with E-state index >= 15 is 0 Å². The Morgan fingerprint density at radius 2 is 2.29 bits per heavy atom. The Morgan fingerprint density at radius 1 is 1.59 bits per heavy atom. The van der Waals surface area contributed by atoms with Crippen LogP contribution in [0.4, 0.5) is 0 Å². The summed E-state index contributed by atoms with van der Waals surface area (Å²) in [6.45, 7) is 1.97. The third-order valence-corrected chi connectivity index (χ3v) is 2.78. The van der Waals surface area contributed by atoms with Crippen LogP contribution >= 0.6 is 15.9 Å². The third kappa shape index (κ3) is 4.36. The second-order valence-corrected chi connectivity index (χ2v) is 4.55. The molecule has 0 aliphatic heterocycles. The van der Waals surface area contributed by atoms with E-state index in [1.165, 1.54) is 0 Å². The minimum absolute atomic E-state index is 0.0688. The van der Waals surface area contributed by atoms with Crippen LogP contribution in [-0.2, 0) is 4.79 Å². The lowest BCUT2D eigenvalue weighted by atomic mass is 10.1. The number of carbonyl (C=O) groups is 1. The van der Waals surface area contributed by atoms with Gasteiger partial charge in [-0.2, -0.15) is 0 Å². The van der Waals surface area contributed by atoms with Crippen LogP contribution in [0.25, 0.3) is 0 Å². The predicted octanol–water partition coefficient (Wildman–Crippen LogP) is 2.02. The number of rotatable bonds is 5. The lowest BCUT2D eigenvalue weighted by Gasteiger charge is -2.13. The van der Waals surface area contributed by atoms with Crippen molar-refractivity contribution in [2.45, 2.75) is 19.4 Å². The van der Waals surface area contributed by atoms with E-state index in [4.69, 9.17) is 4.74 Å². The standard InChI is InChI=1S/C12H16BrNO3/c1-8(15)10-7-9(13)3-4-11(10)17-6-5-12(16)14-2/h3-4,7-8,15H,5-6H2,1-2H3,(H,14,16)/t8-/m0/s1. The average Bonchev–Trinajstić information content (AvgIpc) is 2.30. The summed E-state index contributed by atoms with van der Waals surface area (Å²) >= 11 is 3.34. The minimum atomic E-state index is -0.609. The third-order valence-electron chi connectivity index (χ3n) is 2.29. The molecule has 0 heterocycles. The largest absolute Gasteiger partial charge is 0.493 e. The fourth-order valence-electron chi connectivity index (χ4n) is 1.36. The van der Waals surface area contributed by atoms with Crippen LogP contribution < -0.4 is 10.1 Å². The number of aliphatic hydroxyl groups excluding tert-OH is 1. The van der Waals surface area contributed by atoms with Gasteiger partial charge in [-0.1, -0.05) is 15.9 Å². The van der Waals surface area contributed by atoms with Crippen LogP contribution in [0, 0.1) is 0 Å². The monoisotopic (exact) mass is 301 g/mol. The summed E-state index contributed by atoms with van der Waals surface area (Å²) in [7, 11) is 1.59. The zero-order valence-electron chi connectivity index (χ0n) is 9.87. The highest BCUT2D eigenvalue weighted by molar-refractivity contribution is 9.10. The second-order valence-electron chi connectivity index (χ2n) is 3.63. The van der Waals surface area contributed by atoms with Gasteiger partial charge in [-0.15, -0.1) is 0 Å². The molecule has 1 atom stereocenters. The van der Waals surface area contributed by atoms with Gasteiger partial charge >= 0.3 is 0 Å². The molecule has 4 nitrogen and oxygen atoms in total. The van der Waals surface area contributed by atoms with Crippen molar-refractivity contribution in [2.24, 2.45) is 0 Å². The molecule has 0 saturated carbocycles. The number of ether oxygens (including phenoxy) is 1. The Morgan fingerprint density at radius 3 is 2.88 bits per heavy atom. The van der Waals surface area contributed by atoms with Crippen LogP contribution in [0.5, 0.6) is 5.75 Å². The molecule has 2 N–H and O–H groups in total. The second kappa shape index (κ2) is 6.61. The smallest absolute Gasteiger partial charge is 0.223 e. The van der Waals surface area contributed by atoms with E-state index in [9.17, 15) is 9.90 Å². The van der Waals surface area contributed by atoms with Gasteiger partial charge in [0.15, 0.2) is 0 Å². The van der Waals surface area contributed by atoms with Crippen molar-refractivity contribution in [3.8, 4) is 5.75 Å². The lowest BCUT2D eigenvalue weighted by Crippen LogP contribution is -2.20. The van der Waals surface area contributed by atoms with Gasteiger partial charge in [0.05, 0.1) is 19.1 Å². The first kappa shape index (κ1) is 14.0. The molecule has 0 bridgehead atoms. The normalized spacial score (nSPS) is 12.0. The average molecular weight is 302 g/mol. The van der Waals surface area contributed by atoms with Crippen molar-refractivity contribution in [3.63, 3.8) is 0 Å². The van der Waals surface area contributed by atoms with Gasteiger partial charge in [-0.05, 0) is 25.1 Å². The number of aliphatic hydroxyl groups is 1. The molecule has 1 aromatic carbocycles. The summed E-state index contributed by atoms with van der Waals surface area (Å²) in [6.07, 6.45) is -0.311. The molecule has 94 valence electrons. The van der Waals surface area contributed by atoms with Crippen LogP contribution in [0.15, 0.2) is 22.7 Å². The summed E-state index contributed by atoms with van der Waals surface area (Å²) in [5.74, 6) is 0.535. The lowest BCUT2D eigenvalue weighted by molar-refractivity contribution is -0.121. The first-order valence-corrected chi connectivity index (χ1v) is 6.14. The number of nitrogens with one attached hydrogen (secondary N) is 1. The maximum atomic E-state index is 11.0. The van der Waals surface area contributed by atoms with E-state index in [2.05, 4.69) is 21.2 Å². The number of carbonyl (C=O) groups excluding carboxylic acids is 1. The number of hydrogen-bond donors (Lipinski definition) is 2. The van der Waals surface area contributed by atoms with Gasteiger partial charge in [0.2, 0.25) is 5.91 Å². The Labute approximate surface area is 109 Å². The molecule has 0 spiro atoms. The van der Waals surface area contributed by atoms with E-state index < -0.39 is 6.10 Å². The molecule has 0 aliphatic carbocycles. The highest BCUT2D eigenvalue weighted by atomic mass is 79.9. The summed E-state index contributed by atoms with van der Waals surface area (Å²) in [4.78, 5) is 11.0. The Hall–Kier alpha value is -1.07. The van der Waals surface area contributed by atoms with E-state index in [0.717, 1.165) is 4.47 Å². The number of hydrogen-bond acceptors (Lipinski definition) is 3. The molecule has 1 aromatic rings. The van der Waals surface area contributed by atoms with Gasteiger partial charge < -0.3 is 15.2 Å². The van der Waals surface area contributed by atoms with E-state index in [1.54, 1.807) is 26.1 Å². The van der Waals surface area contributed by atoms with Crippen molar-refractivity contribution < 1.29 is 14.6 Å². The number of benzene rings is 1. The summed E-state index contributed by atoms with van der Waals surface area (Å²) in [5, 5.41) is 12.1.